The van der Waals surface area contributed by atoms with E-state index in [2.05, 4.69) is 10.5 Å². The van der Waals surface area contributed by atoms with Gasteiger partial charge < -0.3 is 21.2 Å². The van der Waals surface area contributed by atoms with E-state index in [-0.39, 0.29) is 17.8 Å². The second kappa shape index (κ2) is 5.23. The first kappa shape index (κ1) is 11.5. The van der Waals surface area contributed by atoms with Crippen molar-refractivity contribution in [1.29, 1.82) is 0 Å². The van der Waals surface area contributed by atoms with Crippen molar-refractivity contribution in [3.63, 3.8) is 0 Å². The van der Waals surface area contributed by atoms with Gasteiger partial charge in [0.05, 0.1) is 5.92 Å². The summed E-state index contributed by atoms with van der Waals surface area (Å²) in [6, 6.07) is 0. The molecule has 0 aromatic carbocycles. The molecule has 0 saturated carbocycles. The molecule has 13 heavy (non-hydrogen) atoms. The minimum absolute atomic E-state index is 0.00393. The summed E-state index contributed by atoms with van der Waals surface area (Å²) in [7, 11) is 3.22. The number of carbonyl (C=O) groups is 1. The van der Waals surface area contributed by atoms with Crippen molar-refractivity contribution in [2.45, 2.75) is 6.92 Å². The van der Waals surface area contributed by atoms with Crippen molar-refractivity contribution in [2.24, 2.45) is 16.8 Å². The molecule has 0 rings (SSSR count). The summed E-state index contributed by atoms with van der Waals surface area (Å²) < 4.78 is 0. The Labute approximate surface area is 77.4 Å². The summed E-state index contributed by atoms with van der Waals surface area (Å²) in [6.07, 6.45) is 0. The molecule has 0 aromatic rings. The number of hydrogen-bond donors (Lipinski definition) is 3. The molecule has 4 N–H and O–H groups in total. The van der Waals surface area contributed by atoms with Gasteiger partial charge in [-0.05, 0) is 0 Å². The summed E-state index contributed by atoms with van der Waals surface area (Å²) in [5.41, 5.74) is 5.30. The van der Waals surface area contributed by atoms with Crippen LogP contribution in [-0.4, -0.2) is 42.6 Å². The van der Waals surface area contributed by atoms with Gasteiger partial charge in [-0.1, -0.05) is 12.1 Å². The van der Waals surface area contributed by atoms with Gasteiger partial charge in [0.25, 0.3) is 0 Å². The maximum Gasteiger partial charge on any atom is 0.233 e. The lowest BCUT2D eigenvalue weighted by molar-refractivity contribution is -0.124. The number of guanidine groups is 1. The normalized spacial score (nSPS) is 13.6. The zero-order valence-corrected chi connectivity index (χ0v) is 8.11. The number of carbonyl (C=O) groups excluding carboxylic acids is 1. The van der Waals surface area contributed by atoms with Gasteiger partial charge in [0.2, 0.25) is 11.9 Å². The SMILES string of the molecule is CNC(=O)C(C)CN(C)C(N)=NO. The molecule has 0 bridgehead atoms. The Morgan fingerprint density at radius 1 is 1.77 bits per heavy atom. The fraction of sp³-hybridized carbons (Fsp3) is 0.714. The van der Waals surface area contributed by atoms with E-state index in [9.17, 15) is 4.79 Å². The molecule has 6 heteroatoms. The molecule has 1 atom stereocenters. The summed E-state index contributed by atoms with van der Waals surface area (Å²) in [5, 5.41) is 13.7. The van der Waals surface area contributed by atoms with Crippen LogP contribution in [0.2, 0.25) is 0 Å². The zero-order valence-electron chi connectivity index (χ0n) is 8.11. The Balaban J connectivity index is 4.06. The van der Waals surface area contributed by atoms with Crippen molar-refractivity contribution in [2.75, 3.05) is 20.6 Å². The highest BCUT2D eigenvalue weighted by Gasteiger charge is 2.14. The summed E-state index contributed by atoms with van der Waals surface area (Å²) >= 11 is 0. The second-order valence-electron chi connectivity index (χ2n) is 2.85. The van der Waals surface area contributed by atoms with Crippen LogP contribution in [-0.2, 0) is 4.79 Å². The van der Waals surface area contributed by atoms with E-state index in [1.54, 1.807) is 21.0 Å². The van der Waals surface area contributed by atoms with E-state index in [4.69, 9.17) is 10.9 Å². The smallest absolute Gasteiger partial charge is 0.233 e. The molecule has 0 aliphatic heterocycles. The molecule has 0 saturated heterocycles. The number of nitrogens with two attached hydrogens (primary N) is 1. The lowest BCUT2D eigenvalue weighted by Crippen LogP contribution is -2.40. The van der Waals surface area contributed by atoms with Gasteiger partial charge in [0.1, 0.15) is 0 Å². The molecule has 0 heterocycles. The van der Waals surface area contributed by atoms with E-state index < -0.39 is 0 Å². The second-order valence-corrected chi connectivity index (χ2v) is 2.85. The maximum atomic E-state index is 11.1. The van der Waals surface area contributed by atoms with Gasteiger partial charge in [-0.15, -0.1) is 0 Å². The highest BCUT2D eigenvalue weighted by atomic mass is 16.4. The molecular weight excluding hydrogens is 172 g/mol. The average molecular weight is 188 g/mol. The topological polar surface area (TPSA) is 91.0 Å². The third-order valence-corrected chi connectivity index (χ3v) is 1.74. The molecule has 1 unspecified atom stereocenters. The molecule has 0 aliphatic rings. The third-order valence-electron chi connectivity index (χ3n) is 1.74. The van der Waals surface area contributed by atoms with Gasteiger partial charge in [-0.3, -0.25) is 4.79 Å². The molecule has 1 amide bonds. The van der Waals surface area contributed by atoms with Crippen LogP contribution in [0.3, 0.4) is 0 Å². The predicted octanol–water partition coefficient (Wildman–Crippen LogP) is -0.996. The van der Waals surface area contributed by atoms with Crippen LogP contribution < -0.4 is 11.1 Å². The first-order chi connectivity index (χ1) is 6.02. The van der Waals surface area contributed by atoms with Crippen LogP contribution >= 0.6 is 0 Å². The molecule has 0 aliphatic carbocycles. The molecule has 6 nitrogen and oxygen atoms in total. The monoisotopic (exact) mass is 188 g/mol. The molecule has 0 fully saturated rings. The van der Waals surface area contributed by atoms with Crippen LogP contribution in [0.25, 0.3) is 0 Å². The Bertz CT molecular complexity index is 205. The van der Waals surface area contributed by atoms with Crippen LogP contribution in [0.4, 0.5) is 0 Å². The zero-order chi connectivity index (χ0) is 10.4. The van der Waals surface area contributed by atoms with Crippen molar-refractivity contribution >= 4 is 11.9 Å². The van der Waals surface area contributed by atoms with Gasteiger partial charge in [-0.25, -0.2) is 0 Å². The molecule has 0 aromatic heterocycles. The summed E-state index contributed by atoms with van der Waals surface area (Å²) in [6.45, 7) is 2.18. The van der Waals surface area contributed by atoms with Crippen LogP contribution in [0.15, 0.2) is 5.16 Å². The van der Waals surface area contributed by atoms with Crippen LogP contribution in [0.1, 0.15) is 6.92 Å². The van der Waals surface area contributed by atoms with E-state index in [0.29, 0.717) is 6.54 Å². The van der Waals surface area contributed by atoms with E-state index in [1.807, 2.05) is 0 Å². The largest absolute Gasteiger partial charge is 0.408 e. The average Bonchev–Trinajstić information content (AvgIpc) is 2.14. The van der Waals surface area contributed by atoms with Gasteiger partial charge in [-0.2, -0.15) is 0 Å². The minimum atomic E-state index is -0.199. The first-order valence-corrected chi connectivity index (χ1v) is 3.93. The van der Waals surface area contributed by atoms with Crippen molar-refractivity contribution in [3.05, 3.63) is 0 Å². The Morgan fingerprint density at radius 2 is 2.31 bits per heavy atom. The number of amides is 1. The highest BCUT2D eigenvalue weighted by molar-refractivity contribution is 5.80. The summed E-state index contributed by atoms with van der Waals surface area (Å²) in [4.78, 5) is 12.6. The quantitative estimate of drug-likeness (QED) is 0.229. The Morgan fingerprint density at radius 3 is 2.69 bits per heavy atom. The highest BCUT2D eigenvalue weighted by Crippen LogP contribution is 1.97. The number of oxime groups is 1. The van der Waals surface area contributed by atoms with Gasteiger partial charge in [0, 0.05) is 20.6 Å². The maximum absolute atomic E-state index is 11.1. The number of hydrogen-bond acceptors (Lipinski definition) is 3. The number of rotatable bonds is 3. The van der Waals surface area contributed by atoms with E-state index in [0.717, 1.165) is 0 Å². The van der Waals surface area contributed by atoms with Crippen LogP contribution in [0, 0.1) is 5.92 Å². The molecule has 76 valence electrons. The number of nitrogens with zero attached hydrogens (tertiary/aromatic N) is 2. The lowest BCUT2D eigenvalue weighted by atomic mass is 10.1. The first-order valence-electron chi connectivity index (χ1n) is 3.93. The predicted molar refractivity (Wildman–Crippen MR) is 49.3 cm³/mol. The Hall–Kier alpha value is -1.46. The molecule has 0 radical (unpaired) electrons. The summed E-state index contributed by atoms with van der Waals surface area (Å²) in [5.74, 6) is -0.274. The van der Waals surface area contributed by atoms with E-state index >= 15 is 0 Å². The van der Waals surface area contributed by atoms with Crippen LogP contribution in [0.5, 0.6) is 0 Å². The molecule has 0 spiro atoms. The standard InChI is InChI=1S/C7H16N4O2/c1-5(6(12)9-2)4-11(3)7(8)10-13/h5,13H,4H2,1-3H3,(H2,8,10)(H,9,12). The van der Waals surface area contributed by atoms with Crippen molar-refractivity contribution in [3.8, 4) is 0 Å². The van der Waals surface area contributed by atoms with Gasteiger partial charge >= 0.3 is 0 Å². The lowest BCUT2D eigenvalue weighted by Gasteiger charge is -2.20. The van der Waals surface area contributed by atoms with Crippen molar-refractivity contribution in [1.82, 2.24) is 10.2 Å². The van der Waals surface area contributed by atoms with E-state index in [1.165, 1.54) is 4.90 Å². The van der Waals surface area contributed by atoms with Gasteiger partial charge in [0.15, 0.2) is 0 Å². The number of nitrogens with one attached hydrogen (secondary N) is 1. The fourth-order valence-electron chi connectivity index (χ4n) is 0.910. The minimum Gasteiger partial charge on any atom is -0.408 e. The molecular formula is C7H16N4O2. The van der Waals surface area contributed by atoms with Crippen molar-refractivity contribution < 1.29 is 10.0 Å². The Kier molecular flexibility index (Phi) is 4.64. The fourth-order valence-corrected chi connectivity index (χ4v) is 0.910. The third kappa shape index (κ3) is 3.64.